The number of thioether (sulfide) groups is 1. The Morgan fingerprint density at radius 3 is 2.68 bits per heavy atom. The summed E-state index contributed by atoms with van der Waals surface area (Å²) in [7, 11) is 0. The summed E-state index contributed by atoms with van der Waals surface area (Å²) in [5, 5.41) is 0. The van der Waals surface area contributed by atoms with Gasteiger partial charge in [-0.1, -0.05) is 37.6 Å². The van der Waals surface area contributed by atoms with Crippen molar-refractivity contribution < 1.29 is 18.6 Å². The molecule has 182 valence electrons. The third kappa shape index (κ3) is 7.32. The zero-order valence-electron chi connectivity index (χ0n) is 19.7. The Labute approximate surface area is 205 Å². The summed E-state index contributed by atoms with van der Waals surface area (Å²) >= 11 is 1.85. The molecule has 1 aliphatic rings. The van der Waals surface area contributed by atoms with E-state index in [1.54, 1.807) is 12.5 Å². The SMILES string of the molecule is CCCCOc1ccc(CSCC2COC(CCc3ccc(F)cc3)(Cn3ccnc3)O2)cc1. The highest BCUT2D eigenvalue weighted by atomic mass is 32.2. The number of hydrogen-bond donors (Lipinski definition) is 0. The zero-order valence-corrected chi connectivity index (χ0v) is 20.5. The third-order valence-electron chi connectivity index (χ3n) is 5.87. The van der Waals surface area contributed by atoms with Crippen LogP contribution in [0.1, 0.15) is 37.3 Å². The van der Waals surface area contributed by atoms with E-state index in [9.17, 15) is 4.39 Å². The fourth-order valence-electron chi connectivity index (χ4n) is 3.96. The third-order valence-corrected chi connectivity index (χ3v) is 7.01. The lowest BCUT2D eigenvalue weighted by molar-refractivity contribution is -0.180. The van der Waals surface area contributed by atoms with Crippen molar-refractivity contribution in [2.24, 2.45) is 0 Å². The van der Waals surface area contributed by atoms with Crippen molar-refractivity contribution in [3.63, 3.8) is 0 Å². The molecular formula is C27H33FN2O3S. The van der Waals surface area contributed by atoms with Gasteiger partial charge in [-0.3, -0.25) is 0 Å². The maximum Gasteiger partial charge on any atom is 0.187 e. The van der Waals surface area contributed by atoms with Crippen molar-refractivity contribution in [1.82, 2.24) is 9.55 Å². The van der Waals surface area contributed by atoms with Gasteiger partial charge in [0.05, 0.1) is 32.2 Å². The van der Waals surface area contributed by atoms with Gasteiger partial charge in [0.15, 0.2) is 5.79 Å². The van der Waals surface area contributed by atoms with Gasteiger partial charge in [-0.2, -0.15) is 11.8 Å². The van der Waals surface area contributed by atoms with E-state index in [2.05, 4.69) is 24.0 Å². The summed E-state index contributed by atoms with van der Waals surface area (Å²) in [6.07, 6.45) is 9.15. The summed E-state index contributed by atoms with van der Waals surface area (Å²) in [4.78, 5) is 4.15. The molecule has 0 radical (unpaired) electrons. The van der Waals surface area contributed by atoms with Crippen molar-refractivity contribution in [1.29, 1.82) is 0 Å². The van der Waals surface area contributed by atoms with Crippen LogP contribution in [-0.2, 0) is 28.2 Å². The molecule has 0 N–H and O–H groups in total. The molecule has 2 atom stereocenters. The van der Waals surface area contributed by atoms with Crippen LogP contribution >= 0.6 is 11.8 Å². The summed E-state index contributed by atoms with van der Waals surface area (Å²) in [6.45, 7) is 4.08. The van der Waals surface area contributed by atoms with E-state index in [0.29, 0.717) is 19.6 Å². The molecule has 0 aliphatic carbocycles. The van der Waals surface area contributed by atoms with E-state index in [-0.39, 0.29) is 11.9 Å². The predicted octanol–water partition coefficient (Wildman–Crippen LogP) is 5.88. The van der Waals surface area contributed by atoms with E-state index in [1.165, 1.54) is 17.7 Å². The van der Waals surface area contributed by atoms with Crippen LogP contribution in [0.4, 0.5) is 4.39 Å². The number of aryl methyl sites for hydroxylation is 1. The smallest absolute Gasteiger partial charge is 0.187 e. The van der Waals surface area contributed by atoms with E-state index in [0.717, 1.165) is 48.7 Å². The first kappa shape index (κ1) is 24.8. The van der Waals surface area contributed by atoms with Crippen molar-refractivity contribution in [2.45, 2.75) is 56.8 Å². The Bertz CT molecular complexity index is 982. The molecule has 0 amide bonds. The number of benzene rings is 2. The molecule has 34 heavy (non-hydrogen) atoms. The average molecular weight is 485 g/mol. The van der Waals surface area contributed by atoms with Crippen LogP contribution in [0.3, 0.4) is 0 Å². The molecule has 1 aromatic heterocycles. The first-order chi connectivity index (χ1) is 16.6. The van der Waals surface area contributed by atoms with Crippen LogP contribution in [0.15, 0.2) is 67.3 Å². The van der Waals surface area contributed by atoms with Crippen molar-refractivity contribution in [3.05, 3.63) is 84.2 Å². The number of rotatable bonds is 13. The van der Waals surface area contributed by atoms with Crippen LogP contribution < -0.4 is 4.74 Å². The second kappa shape index (κ2) is 12.4. The van der Waals surface area contributed by atoms with Crippen LogP contribution in [0, 0.1) is 5.82 Å². The van der Waals surface area contributed by atoms with Gasteiger partial charge in [0.25, 0.3) is 0 Å². The van der Waals surface area contributed by atoms with Gasteiger partial charge in [0.1, 0.15) is 11.6 Å². The second-order valence-corrected chi connectivity index (χ2v) is 9.71. The maximum absolute atomic E-state index is 13.3. The Morgan fingerprint density at radius 1 is 1.15 bits per heavy atom. The van der Waals surface area contributed by atoms with E-state index in [1.807, 2.05) is 46.8 Å². The highest BCUT2D eigenvalue weighted by Crippen LogP contribution is 2.32. The highest BCUT2D eigenvalue weighted by Gasteiger charge is 2.41. The molecule has 2 heterocycles. The number of unbranched alkanes of at least 4 members (excludes halogenated alkanes) is 1. The number of ether oxygens (including phenoxy) is 3. The number of imidazole rings is 1. The Kier molecular flexibility index (Phi) is 9.02. The highest BCUT2D eigenvalue weighted by molar-refractivity contribution is 7.98. The average Bonchev–Trinajstić information content (AvgIpc) is 3.51. The van der Waals surface area contributed by atoms with Gasteiger partial charge in [0.2, 0.25) is 0 Å². The largest absolute Gasteiger partial charge is 0.494 e. The van der Waals surface area contributed by atoms with E-state index >= 15 is 0 Å². The summed E-state index contributed by atoms with van der Waals surface area (Å²) in [5.74, 6) is 1.77. The van der Waals surface area contributed by atoms with Crippen molar-refractivity contribution in [2.75, 3.05) is 19.0 Å². The molecule has 1 fully saturated rings. The minimum absolute atomic E-state index is 0.0263. The monoisotopic (exact) mass is 484 g/mol. The van der Waals surface area contributed by atoms with Crippen molar-refractivity contribution in [3.8, 4) is 5.75 Å². The summed E-state index contributed by atoms with van der Waals surface area (Å²) in [5.41, 5.74) is 2.34. The topological polar surface area (TPSA) is 45.5 Å². The first-order valence-electron chi connectivity index (χ1n) is 12.0. The molecular weight excluding hydrogens is 451 g/mol. The van der Waals surface area contributed by atoms with E-state index in [4.69, 9.17) is 14.2 Å². The van der Waals surface area contributed by atoms with Gasteiger partial charge in [-0.15, -0.1) is 0 Å². The maximum atomic E-state index is 13.3. The molecule has 0 bridgehead atoms. The lowest BCUT2D eigenvalue weighted by atomic mass is 10.0. The molecule has 1 aliphatic heterocycles. The van der Waals surface area contributed by atoms with Crippen LogP contribution in [0.5, 0.6) is 5.75 Å². The number of halogens is 1. The molecule has 3 aromatic rings. The Hall–Kier alpha value is -2.35. The van der Waals surface area contributed by atoms with Crippen LogP contribution in [-0.4, -0.2) is 40.4 Å². The molecule has 5 nitrogen and oxygen atoms in total. The number of nitrogens with zero attached hydrogens (tertiary/aromatic N) is 2. The first-order valence-corrected chi connectivity index (χ1v) is 13.1. The molecule has 2 aromatic carbocycles. The molecule has 7 heteroatoms. The van der Waals surface area contributed by atoms with Gasteiger partial charge in [-0.25, -0.2) is 9.37 Å². The summed E-state index contributed by atoms with van der Waals surface area (Å²) in [6, 6.07) is 15.0. The van der Waals surface area contributed by atoms with Crippen LogP contribution in [0.25, 0.3) is 0 Å². The lowest BCUT2D eigenvalue weighted by Gasteiger charge is -2.28. The fourth-order valence-corrected chi connectivity index (χ4v) is 4.93. The molecule has 1 saturated heterocycles. The minimum atomic E-state index is -0.711. The summed E-state index contributed by atoms with van der Waals surface area (Å²) < 4.78 is 33.8. The standard InChI is InChI=1S/C27H33FN2O3S/c1-2-3-16-31-25-10-6-23(7-11-25)18-34-19-26-17-32-27(33-26,20-30-15-14-29-21-30)13-12-22-4-8-24(28)9-5-22/h4-11,14-15,21,26H,2-3,12-13,16-20H2,1H3. The zero-order chi connectivity index (χ0) is 23.6. The van der Waals surface area contributed by atoms with Crippen LogP contribution in [0.2, 0.25) is 0 Å². The van der Waals surface area contributed by atoms with Gasteiger partial charge >= 0.3 is 0 Å². The Morgan fingerprint density at radius 2 is 1.94 bits per heavy atom. The number of hydrogen-bond acceptors (Lipinski definition) is 5. The minimum Gasteiger partial charge on any atom is -0.494 e. The quantitative estimate of drug-likeness (QED) is 0.284. The molecule has 0 spiro atoms. The second-order valence-electron chi connectivity index (χ2n) is 8.68. The number of aromatic nitrogens is 2. The lowest BCUT2D eigenvalue weighted by Crippen LogP contribution is -2.37. The van der Waals surface area contributed by atoms with Gasteiger partial charge < -0.3 is 18.8 Å². The van der Waals surface area contributed by atoms with E-state index < -0.39 is 5.79 Å². The Balaban J connectivity index is 1.28. The van der Waals surface area contributed by atoms with Gasteiger partial charge in [-0.05, 0) is 48.2 Å². The van der Waals surface area contributed by atoms with Gasteiger partial charge in [0, 0.05) is 30.3 Å². The normalized spacial score (nSPS) is 20.0. The predicted molar refractivity (Wildman–Crippen MR) is 134 cm³/mol. The molecule has 4 rings (SSSR count). The molecule has 0 saturated carbocycles. The molecule has 2 unspecified atom stereocenters. The van der Waals surface area contributed by atoms with Crippen molar-refractivity contribution >= 4 is 11.8 Å². The fraction of sp³-hybridized carbons (Fsp3) is 0.444.